The second-order valence-electron chi connectivity index (χ2n) is 6.68. The van der Waals surface area contributed by atoms with E-state index in [-0.39, 0.29) is 18.4 Å². The summed E-state index contributed by atoms with van der Waals surface area (Å²) in [6, 6.07) is 16.2. The molecule has 150 valence electrons. The minimum atomic E-state index is -4.51. The Morgan fingerprint density at radius 3 is 2.38 bits per heavy atom. The van der Waals surface area contributed by atoms with Gasteiger partial charge in [-0.15, -0.1) is 0 Å². The van der Waals surface area contributed by atoms with E-state index in [2.05, 4.69) is 5.32 Å². The van der Waals surface area contributed by atoms with E-state index >= 15 is 0 Å². The maximum Gasteiger partial charge on any atom is 0.416 e. The zero-order valence-corrected chi connectivity index (χ0v) is 15.2. The highest BCUT2D eigenvalue weighted by Gasteiger charge is 2.30. The molecular formula is C22H18F3NO3. The number of hydrogen-bond acceptors (Lipinski definition) is 2. The Morgan fingerprint density at radius 1 is 0.966 bits per heavy atom. The molecule has 0 aromatic heterocycles. The number of nitrogens with one attached hydrogen (secondary N) is 1. The van der Waals surface area contributed by atoms with Crippen molar-refractivity contribution < 1.29 is 27.9 Å². The average molecular weight is 401 g/mol. The van der Waals surface area contributed by atoms with Gasteiger partial charge < -0.3 is 10.4 Å². The van der Waals surface area contributed by atoms with E-state index in [1.165, 1.54) is 12.1 Å². The van der Waals surface area contributed by atoms with E-state index in [9.17, 15) is 27.9 Å². The zero-order chi connectivity index (χ0) is 21.0. The summed E-state index contributed by atoms with van der Waals surface area (Å²) in [6.45, 7) is 0. The second-order valence-corrected chi connectivity index (χ2v) is 6.68. The molecule has 0 fully saturated rings. The van der Waals surface area contributed by atoms with Crippen molar-refractivity contribution >= 4 is 22.6 Å². The molecule has 0 saturated carbocycles. The Hall–Kier alpha value is -3.35. The Labute approximate surface area is 165 Å². The van der Waals surface area contributed by atoms with Crippen LogP contribution in [-0.4, -0.2) is 23.0 Å². The number of halogens is 3. The van der Waals surface area contributed by atoms with E-state index < -0.39 is 29.7 Å². The van der Waals surface area contributed by atoms with Crippen molar-refractivity contribution in [3.63, 3.8) is 0 Å². The third-order valence-electron chi connectivity index (χ3n) is 4.56. The first-order valence-corrected chi connectivity index (χ1v) is 8.89. The van der Waals surface area contributed by atoms with Gasteiger partial charge >= 0.3 is 12.1 Å². The molecule has 0 spiro atoms. The highest BCUT2D eigenvalue weighted by atomic mass is 19.4. The van der Waals surface area contributed by atoms with E-state index in [0.29, 0.717) is 0 Å². The molecule has 0 aliphatic heterocycles. The monoisotopic (exact) mass is 401 g/mol. The average Bonchev–Trinajstić information content (AvgIpc) is 2.67. The van der Waals surface area contributed by atoms with E-state index in [0.717, 1.165) is 28.5 Å². The molecular weight excluding hydrogens is 383 g/mol. The van der Waals surface area contributed by atoms with E-state index in [4.69, 9.17) is 0 Å². The minimum Gasteiger partial charge on any atom is -0.480 e. The van der Waals surface area contributed by atoms with Crippen LogP contribution in [0.4, 0.5) is 13.2 Å². The number of amides is 1. The maximum absolute atomic E-state index is 12.8. The number of alkyl halides is 3. The lowest BCUT2D eigenvalue weighted by Crippen LogP contribution is -2.43. The fourth-order valence-electron chi connectivity index (χ4n) is 3.18. The zero-order valence-electron chi connectivity index (χ0n) is 15.2. The van der Waals surface area contributed by atoms with Gasteiger partial charge in [-0.3, -0.25) is 4.79 Å². The van der Waals surface area contributed by atoms with Gasteiger partial charge in [0.1, 0.15) is 6.04 Å². The number of rotatable bonds is 6. The van der Waals surface area contributed by atoms with Gasteiger partial charge in [0.2, 0.25) is 5.91 Å². The number of carboxylic acids is 1. The van der Waals surface area contributed by atoms with Gasteiger partial charge in [-0.2, -0.15) is 13.2 Å². The highest BCUT2D eigenvalue weighted by molar-refractivity contribution is 5.88. The summed E-state index contributed by atoms with van der Waals surface area (Å²) in [5, 5.41) is 13.8. The summed E-state index contributed by atoms with van der Waals surface area (Å²) in [4.78, 5) is 23.9. The number of aliphatic carboxylic acids is 1. The first-order valence-electron chi connectivity index (χ1n) is 8.89. The standard InChI is InChI=1S/C22H18F3NO3/c23-22(24,25)17-9-3-5-14(11-17)12-20(27)26-19(21(28)29)13-16-8-4-7-15-6-1-2-10-18(15)16/h1-11,19H,12-13H2,(H,26,27)(H,28,29)/t19-/m0/s1. The normalized spacial score (nSPS) is 12.5. The number of benzene rings is 3. The Morgan fingerprint density at radius 2 is 1.66 bits per heavy atom. The molecule has 0 bridgehead atoms. The van der Waals surface area contributed by atoms with Gasteiger partial charge in [0.15, 0.2) is 0 Å². The molecule has 0 unspecified atom stereocenters. The van der Waals surface area contributed by atoms with Gasteiger partial charge in [0, 0.05) is 6.42 Å². The first kappa shape index (κ1) is 20.4. The predicted octanol–water partition coefficient (Wildman–Crippen LogP) is 4.21. The molecule has 7 heteroatoms. The quantitative estimate of drug-likeness (QED) is 0.650. The van der Waals surface area contributed by atoms with Crippen molar-refractivity contribution in [2.75, 3.05) is 0 Å². The third kappa shape index (κ3) is 5.13. The molecule has 0 heterocycles. The summed E-state index contributed by atoms with van der Waals surface area (Å²) >= 11 is 0. The Kier molecular flexibility index (Phi) is 5.87. The number of hydrogen-bond donors (Lipinski definition) is 2. The van der Waals surface area contributed by atoms with Crippen LogP contribution in [0.25, 0.3) is 10.8 Å². The largest absolute Gasteiger partial charge is 0.480 e. The fourth-order valence-corrected chi connectivity index (χ4v) is 3.18. The molecule has 3 aromatic rings. The second kappa shape index (κ2) is 8.34. The van der Waals surface area contributed by atoms with Crippen molar-refractivity contribution in [2.45, 2.75) is 25.1 Å². The molecule has 29 heavy (non-hydrogen) atoms. The first-order chi connectivity index (χ1) is 13.7. The van der Waals surface area contributed by atoms with Gasteiger partial charge in [-0.25, -0.2) is 4.79 Å². The molecule has 0 saturated heterocycles. The molecule has 2 N–H and O–H groups in total. The summed E-state index contributed by atoms with van der Waals surface area (Å²) < 4.78 is 38.4. The third-order valence-corrected chi connectivity index (χ3v) is 4.56. The van der Waals surface area contributed by atoms with Crippen LogP contribution in [0, 0.1) is 0 Å². The van der Waals surface area contributed by atoms with Crippen molar-refractivity contribution in [1.29, 1.82) is 0 Å². The van der Waals surface area contributed by atoms with Crippen LogP contribution in [0.15, 0.2) is 66.7 Å². The van der Waals surface area contributed by atoms with Crippen LogP contribution in [0.2, 0.25) is 0 Å². The Balaban J connectivity index is 1.74. The lowest BCUT2D eigenvalue weighted by Gasteiger charge is -2.16. The van der Waals surface area contributed by atoms with E-state index in [1.807, 2.05) is 30.3 Å². The molecule has 1 atom stereocenters. The molecule has 0 aliphatic rings. The predicted molar refractivity (Wildman–Crippen MR) is 102 cm³/mol. The van der Waals surface area contributed by atoms with Crippen LogP contribution in [0.3, 0.4) is 0 Å². The fraction of sp³-hybridized carbons (Fsp3) is 0.182. The summed E-state index contributed by atoms with van der Waals surface area (Å²) in [6.07, 6.45) is -4.79. The van der Waals surface area contributed by atoms with E-state index in [1.54, 1.807) is 12.1 Å². The topological polar surface area (TPSA) is 66.4 Å². The van der Waals surface area contributed by atoms with Crippen LogP contribution in [0.5, 0.6) is 0 Å². The number of fused-ring (bicyclic) bond motifs is 1. The highest BCUT2D eigenvalue weighted by Crippen LogP contribution is 2.29. The van der Waals surface area contributed by atoms with Gasteiger partial charge in [0.05, 0.1) is 12.0 Å². The van der Waals surface area contributed by atoms with Gasteiger partial charge in [0.25, 0.3) is 0 Å². The smallest absolute Gasteiger partial charge is 0.416 e. The summed E-state index contributed by atoms with van der Waals surface area (Å²) in [7, 11) is 0. The number of carboxylic acid groups (broad SMARTS) is 1. The minimum absolute atomic E-state index is 0.0605. The number of carbonyl (C=O) groups is 2. The number of carbonyl (C=O) groups excluding carboxylic acids is 1. The molecule has 0 aliphatic carbocycles. The molecule has 3 aromatic carbocycles. The summed E-state index contributed by atoms with van der Waals surface area (Å²) in [5.74, 6) is -1.87. The van der Waals surface area contributed by atoms with Crippen LogP contribution in [-0.2, 0) is 28.6 Å². The summed E-state index contributed by atoms with van der Waals surface area (Å²) in [5.41, 5.74) is 0.0647. The SMILES string of the molecule is O=C(Cc1cccc(C(F)(F)F)c1)N[C@@H](Cc1cccc2ccccc12)C(=O)O. The van der Waals surface area contributed by atoms with Crippen molar-refractivity contribution in [2.24, 2.45) is 0 Å². The van der Waals surface area contributed by atoms with Crippen molar-refractivity contribution in [3.05, 3.63) is 83.4 Å². The van der Waals surface area contributed by atoms with Gasteiger partial charge in [-0.05, 0) is 28.0 Å². The van der Waals surface area contributed by atoms with Gasteiger partial charge in [-0.1, -0.05) is 60.7 Å². The van der Waals surface area contributed by atoms with Crippen molar-refractivity contribution in [1.82, 2.24) is 5.32 Å². The molecule has 3 rings (SSSR count). The van der Waals surface area contributed by atoms with Crippen LogP contribution >= 0.6 is 0 Å². The van der Waals surface area contributed by atoms with Crippen LogP contribution in [0.1, 0.15) is 16.7 Å². The lowest BCUT2D eigenvalue weighted by molar-refractivity contribution is -0.141. The maximum atomic E-state index is 12.8. The van der Waals surface area contributed by atoms with Crippen molar-refractivity contribution in [3.8, 4) is 0 Å². The van der Waals surface area contributed by atoms with Crippen LogP contribution < -0.4 is 5.32 Å². The lowest BCUT2D eigenvalue weighted by atomic mass is 9.98. The molecule has 1 amide bonds. The Bertz CT molecular complexity index is 1040. The molecule has 4 nitrogen and oxygen atoms in total. The molecule has 0 radical (unpaired) electrons.